The average Bonchev–Trinajstić information content (AvgIpc) is 3.02. The molecule has 1 aromatic carbocycles. The van der Waals surface area contributed by atoms with E-state index >= 15 is 0 Å². The van der Waals surface area contributed by atoms with E-state index in [1.807, 2.05) is 24.3 Å². The highest BCUT2D eigenvalue weighted by Gasteiger charge is 2.08. The lowest BCUT2D eigenvalue weighted by Crippen LogP contribution is -1.78. The molecule has 4 rings (SSSR count). The predicted octanol–water partition coefficient (Wildman–Crippen LogP) is 3.11. The van der Waals surface area contributed by atoms with Crippen molar-refractivity contribution in [3.8, 4) is 11.5 Å². The Morgan fingerprint density at radius 3 is 2.67 bits per heavy atom. The zero-order valence-corrected chi connectivity index (χ0v) is 9.51. The SMILES string of the molecule is c1ccc2[nH]c(-c3nc4ncccc4[nH]3)cc2c1. The highest BCUT2D eigenvalue weighted by Crippen LogP contribution is 2.23. The van der Waals surface area contributed by atoms with Crippen molar-refractivity contribution in [2.24, 2.45) is 0 Å². The molecule has 3 heterocycles. The zero-order valence-electron chi connectivity index (χ0n) is 9.51. The predicted molar refractivity (Wildman–Crippen MR) is 71.2 cm³/mol. The summed E-state index contributed by atoms with van der Waals surface area (Å²) in [5.74, 6) is 0.819. The average molecular weight is 234 g/mol. The van der Waals surface area contributed by atoms with Crippen LogP contribution < -0.4 is 0 Å². The summed E-state index contributed by atoms with van der Waals surface area (Å²) in [4.78, 5) is 15.3. The fourth-order valence-corrected chi connectivity index (χ4v) is 2.17. The van der Waals surface area contributed by atoms with Gasteiger partial charge in [0.1, 0.15) is 0 Å². The number of nitrogens with one attached hydrogen (secondary N) is 2. The fourth-order valence-electron chi connectivity index (χ4n) is 2.17. The lowest BCUT2D eigenvalue weighted by atomic mass is 10.2. The maximum Gasteiger partial charge on any atom is 0.178 e. The number of imidazole rings is 1. The second-order valence-corrected chi connectivity index (χ2v) is 4.23. The molecular formula is C14H10N4. The first-order valence-electron chi connectivity index (χ1n) is 5.79. The van der Waals surface area contributed by atoms with E-state index in [9.17, 15) is 0 Å². The molecule has 4 nitrogen and oxygen atoms in total. The van der Waals surface area contributed by atoms with Crippen LogP contribution in [0.25, 0.3) is 33.6 Å². The van der Waals surface area contributed by atoms with Gasteiger partial charge in [-0.3, -0.25) is 0 Å². The summed E-state index contributed by atoms with van der Waals surface area (Å²) < 4.78 is 0. The number of nitrogens with zero attached hydrogens (tertiary/aromatic N) is 2. The summed E-state index contributed by atoms with van der Waals surface area (Å²) in [5.41, 5.74) is 3.78. The van der Waals surface area contributed by atoms with Gasteiger partial charge in [-0.25, -0.2) is 9.97 Å². The number of fused-ring (bicyclic) bond motifs is 2. The van der Waals surface area contributed by atoms with Crippen LogP contribution in [0, 0.1) is 0 Å². The van der Waals surface area contributed by atoms with Gasteiger partial charge in [0.25, 0.3) is 0 Å². The first-order chi connectivity index (χ1) is 8.90. The van der Waals surface area contributed by atoms with E-state index in [2.05, 4.69) is 38.1 Å². The minimum atomic E-state index is 0.742. The van der Waals surface area contributed by atoms with Crippen LogP contribution in [0.5, 0.6) is 0 Å². The summed E-state index contributed by atoms with van der Waals surface area (Å²) >= 11 is 0. The van der Waals surface area contributed by atoms with Crippen LogP contribution >= 0.6 is 0 Å². The molecule has 0 fully saturated rings. The number of benzene rings is 1. The highest BCUT2D eigenvalue weighted by atomic mass is 15.0. The van der Waals surface area contributed by atoms with Crippen molar-refractivity contribution in [1.82, 2.24) is 19.9 Å². The Balaban J connectivity index is 1.95. The van der Waals surface area contributed by atoms with Gasteiger partial charge in [-0.05, 0) is 24.3 Å². The van der Waals surface area contributed by atoms with Crippen LogP contribution in [-0.4, -0.2) is 19.9 Å². The van der Waals surface area contributed by atoms with Crippen molar-refractivity contribution >= 4 is 22.1 Å². The number of pyridine rings is 1. The minimum Gasteiger partial charge on any atom is -0.352 e. The topological polar surface area (TPSA) is 57.4 Å². The van der Waals surface area contributed by atoms with Gasteiger partial charge in [0.05, 0.1) is 11.2 Å². The second-order valence-electron chi connectivity index (χ2n) is 4.23. The molecule has 18 heavy (non-hydrogen) atoms. The van der Waals surface area contributed by atoms with E-state index in [-0.39, 0.29) is 0 Å². The van der Waals surface area contributed by atoms with Crippen LogP contribution in [0.1, 0.15) is 0 Å². The first kappa shape index (κ1) is 9.41. The lowest BCUT2D eigenvalue weighted by Gasteiger charge is -1.88. The van der Waals surface area contributed by atoms with Gasteiger partial charge >= 0.3 is 0 Å². The van der Waals surface area contributed by atoms with Crippen LogP contribution in [0.3, 0.4) is 0 Å². The van der Waals surface area contributed by atoms with Crippen LogP contribution in [0.4, 0.5) is 0 Å². The third-order valence-corrected chi connectivity index (χ3v) is 3.04. The Hall–Kier alpha value is -2.62. The largest absolute Gasteiger partial charge is 0.352 e. The number of H-pyrrole nitrogens is 2. The molecule has 86 valence electrons. The molecule has 2 N–H and O–H groups in total. The van der Waals surface area contributed by atoms with E-state index in [0.717, 1.165) is 28.2 Å². The normalized spacial score (nSPS) is 11.3. The van der Waals surface area contributed by atoms with Gasteiger partial charge in [-0.1, -0.05) is 18.2 Å². The Morgan fingerprint density at radius 1 is 0.889 bits per heavy atom. The summed E-state index contributed by atoms with van der Waals surface area (Å²) in [7, 11) is 0. The Bertz CT molecular complexity index is 703. The van der Waals surface area contributed by atoms with Gasteiger partial charge in [0, 0.05) is 17.1 Å². The van der Waals surface area contributed by atoms with E-state index in [4.69, 9.17) is 0 Å². The van der Waals surface area contributed by atoms with E-state index in [1.54, 1.807) is 6.20 Å². The maximum absolute atomic E-state index is 4.48. The Morgan fingerprint density at radius 2 is 1.78 bits per heavy atom. The van der Waals surface area contributed by atoms with Crippen molar-refractivity contribution in [2.75, 3.05) is 0 Å². The lowest BCUT2D eigenvalue weighted by molar-refractivity contribution is 1.27. The molecule has 0 saturated heterocycles. The molecule has 3 aromatic heterocycles. The number of para-hydroxylation sites is 1. The van der Waals surface area contributed by atoms with Crippen LogP contribution in [0.2, 0.25) is 0 Å². The Kier molecular flexibility index (Phi) is 1.80. The fraction of sp³-hybridized carbons (Fsp3) is 0. The van der Waals surface area contributed by atoms with Gasteiger partial charge in [0.2, 0.25) is 0 Å². The number of aromatic nitrogens is 4. The van der Waals surface area contributed by atoms with Crippen LogP contribution in [0.15, 0.2) is 48.7 Å². The molecule has 0 bridgehead atoms. The summed E-state index contributed by atoms with van der Waals surface area (Å²) in [6.07, 6.45) is 1.75. The van der Waals surface area contributed by atoms with Crippen molar-refractivity contribution in [1.29, 1.82) is 0 Å². The first-order valence-corrected chi connectivity index (χ1v) is 5.79. The second kappa shape index (κ2) is 3.43. The third-order valence-electron chi connectivity index (χ3n) is 3.04. The smallest absolute Gasteiger partial charge is 0.178 e. The van der Waals surface area contributed by atoms with E-state index < -0.39 is 0 Å². The molecule has 0 aliphatic carbocycles. The van der Waals surface area contributed by atoms with Crippen molar-refractivity contribution in [3.05, 3.63) is 48.7 Å². The van der Waals surface area contributed by atoms with Gasteiger partial charge in [-0.2, -0.15) is 0 Å². The van der Waals surface area contributed by atoms with Gasteiger partial charge < -0.3 is 9.97 Å². The number of aromatic amines is 2. The molecule has 0 aliphatic heterocycles. The highest BCUT2D eigenvalue weighted by molar-refractivity contribution is 5.86. The summed E-state index contributed by atoms with van der Waals surface area (Å²) in [6.45, 7) is 0. The van der Waals surface area contributed by atoms with Gasteiger partial charge in [0.15, 0.2) is 11.5 Å². The molecule has 4 aromatic rings. The van der Waals surface area contributed by atoms with E-state index in [0.29, 0.717) is 0 Å². The molecule has 0 atom stereocenters. The molecule has 0 amide bonds. The quantitative estimate of drug-likeness (QED) is 0.531. The number of hydrogen-bond donors (Lipinski definition) is 2. The summed E-state index contributed by atoms with van der Waals surface area (Å²) in [6, 6.07) is 14.1. The van der Waals surface area contributed by atoms with Crippen LogP contribution in [-0.2, 0) is 0 Å². The number of hydrogen-bond acceptors (Lipinski definition) is 2. The van der Waals surface area contributed by atoms with Crippen molar-refractivity contribution in [2.45, 2.75) is 0 Å². The Labute approximate surface area is 103 Å². The molecule has 0 aliphatic rings. The van der Waals surface area contributed by atoms with Crippen molar-refractivity contribution in [3.63, 3.8) is 0 Å². The molecule has 0 unspecified atom stereocenters. The zero-order chi connectivity index (χ0) is 11.9. The van der Waals surface area contributed by atoms with Gasteiger partial charge in [-0.15, -0.1) is 0 Å². The summed E-state index contributed by atoms with van der Waals surface area (Å²) in [5, 5.41) is 1.18. The molecule has 0 saturated carbocycles. The monoisotopic (exact) mass is 234 g/mol. The standard InChI is InChI=1S/C14H10N4/c1-2-5-10-9(4-1)8-12(16-10)14-17-11-6-3-7-15-13(11)18-14/h1-8,16H,(H,15,17,18). The third kappa shape index (κ3) is 1.32. The van der Waals surface area contributed by atoms with Crippen molar-refractivity contribution < 1.29 is 0 Å². The molecule has 0 spiro atoms. The molecular weight excluding hydrogens is 224 g/mol. The minimum absolute atomic E-state index is 0.742. The number of rotatable bonds is 1. The maximum atomic E-state index is 4.48. The van der Waals surface area contributed by atoms with E-state index in [1.165, 1.54) is 5.39 Å². The molecule has 4 heteroatoms. The molecule has 0 radical (unpaired) electrons.